The third-order valence-corrected chi connectivity index (χ3v) is 4.77. The van der Waals surface area contributed by atoms with Gasteiger partial charge >= 0.3 is 0 Å². The third-order valence-electron chi connectivity index (χ3n) is 4.77. The molecule has 0 bridgehead atoms. The van der Waals surface area contributed by atoms with Crippen molar-refractivity contribution >= 4 is 0 Å². The van der Waals surface area contributed by atoms with Crippen LogP contribution in [0.3, 0.4) is 0 Å². The lowest BCUT2D eigenvalue weighted by Gasteiger charge is -2.26. The maximum absolute atomic E-state index is 5.94. The van der Waals surface area contributed by atoms with Gasteiger partial charge in [0.25, 0.3) is 0 Å². The van der Waals surface area contributed by atoms with Crippen LogP contribution in [0.1, 0.15) is 12.0 Å². The largest absolute Gasteiger partial charge is 0.487 e. The molecule has 0 atom stereocenters. The average molecular weight is 395 g/mol. The smallest absolute Gasteiger partial charge is 0.161 e. The summed E-state index contributed by atoms with van der Waals surface area (Å²) in [6, 6.07) is 6.22. The highest BCUT2D eigenvalue weighted by atomic mass is 16.6. The summed E-state index contributed by atoms with van der Waals surface area (Å²) in [6.07, 6.45) is 2.14. The summed E-state index contributed by atoms with van der Waals surface area (Å²) >= 11 is 0. The molecule has 0 unspecified atom stereocenters. The van der Waals surface area contributed by atoms with Crippen LogP contribution in [-0.2, 0) is 25.4 Å². The molecule has 2 heterocycles. The van der Waals surface area contributed by atoms with E-state index in [4.69, 9.17) is 28.4 Å². The molecule has 0 aliphatic carbocycles. The van der Waals surface area contributed by atoms with Crippen LogP contribution in [0.5, 0.6) is 11.5 Å². The van der Waals surface area contributed by atoms with Crippen LogP contribution in [-0.4, -0.2) is 90.6 Å². The fourth-order valence-corrected chi connectivity index (χ4v) is 3.23. The van der Waals surface area contributed by atoms with Crippen molar-refractivity contribution < 1.29 is 28.4 Å². The molecule has 1 fully saturated rings. The highest BCUT2D eigenvalue weighted by molar-refractivity contribution is 5.43. The van der Waals surface area contributed by atoms with Gasteiger partial charge in [0.15, 0.2) is 11.5 Å². The molecule has 0 amide bonds. The average Bonchev–Trinajstić information content (AvgIpc) is 2.74. The lowest BCUT2D eigenvalue weighted by atomic mass is 10.1. The SMILES string of the molecule is c1cc2c(cc1CCCN1CCOCC1)OCCOCCOCCOCCO2. The van der Waals surface area contributed by atoms with E-state index < -0.39 is 0 Å². The highest BCUT2D eigenvalue weighted by Crippen LogP contribution is 2.29. The van der Waals surface area contributed by atoms with Gasteiger partial charge in [0, 0.05) is 13.1 Å². The monoisotopic (exact) mass is 395 g/mol. The summed E-state index contributed by atoms with van der Waals surface area (Å²) in [5.41, 5.74) is 1.26. The Morgan fingerprint density at radius 3 is 1.89 bits per heavy atom. The number of ether oxygens (including phenoxy) is 6. The molecule has 28 heavy (non-hydrogen) atoms. The molecule has 2 aliphatic heterocycles. The predicted molar refractivity (Wildman–Crippen MR) is 105 cm³/mol. The minimum absolute atomic E-state index is 0.489. The molecule has 1 saturated heterocycles. The van der Waals surface area contributed by atoms with Crippen LogP contribution in [0.25, 0.3) is 0 Å². The Balaban J connectivity index is 1.51. The fourth-order valence-electron chi connectivity index (χ4n) is 3.23. The third kappa shape index (κ3) is 7.93. The first-order chi connectivity index (χ1) is 13.9. The molecule has 0 aromatic heterocycles. The van der Waals surface area contributed by atoms with Crippen molar-refractivity contribution in [2.45, 2.75) is 12.8 Å². The van der Waals surface area contributed by atoms with E-state index in [1.54, 1.807) is 0 Å². The highest BCUT2D eigenvalue weighted by Gasteiger charge is 2.11. The Morgan fingerprint density at radius 2 is 1.21 bits per heavy atom. The Kier molecular flexibility index (Phi) is 9.87. The molecule has 3 rings (SSSR count). The maximum Gasteiger partial charge on any atom is 0.161 e. The zero-order valence-electron chi connectivity index (χ0n) is 16.7. The number of benzene rings is 1. The van der Waals surface area contributed by atoms with Crippen molar-refractivity contribution in [3.63, 3.8) is 0 Å². The van der Waals surface area contributed by atoms with Gasteiger partial charge in [-0.1, -0.05) is 6.07 Å². The van der Waals surface area contributed by atoms with E-state index in [0.717, 1.165) is 57.2 Å². The summed E-state index contributed by atoms with van der Waals surface area (Å²) in [5.74, 6) is 1.53. The van der Waals surface area contributed by atoms with Gasteiger partial charge in [-0.05, 0) is 37.1 Å². The first-order valence-corrected chi connectivity index (χ1v) is 10.3. The standard InChI is InChI=1S/C21H33NO6/c1(5-22-6-8-23-9-7-22)2-19-3-4-20-21(18-19)28-17-15-26-13-11-24-10-12-25-14-16-27-20/h3-4,18H,1-2,5-17H2. The van der Waals surface area contributed by atoms with E-state index in [2.05, 4.69) is 17.0 Å². The molecule has 1 aromatic carbocycles. The van der Waals surface area contributed by atoms with Crippen molar-refractivity contribution in [3.05, 3.63) is 23.8 Å². The van der Waals surface area contributed by atoms with Gasteiger partial charge in [-0.25, -0.2) is 0 Å². The molecule has 0 radical (unpaired) electrons. The lowest BCUT2D eigenvalue weighted by Crippen LogP contribution is -2.36. The second kappa shape index (κ2) is 13.0. The Hall–Kier alpha value is -1.38. The van der Waals surface area contributed by atoms with Crippen molar-refractivity contribution in [1.29, 1.82) is 0 Å². The van der Waals surface area contributed by atoms with E-state index in [0.29, 0.717) is 52.9 Å². The molecular formula is C21H33NO6. The summed E-state index contributed by atoms with van der Waals surface area (Å²) in [4.78, 5) is 2.46. The van der Waals surface area contributed by atoms with Gasteiger partial charge in [-0.2, -0.15) is 0 Å². The second-order valence-corrected chi connectivity index (χ2v) is 6.87. The molecule has 1 aromatic rings. The zero-order chi connectivity index (χ0) is 19.3. The number of hydrogen-bond donors (Lipinski definition) is 0. The molecule has 7 heteroatoms. The Morgan fingerprint density at radius 1 is 0.643 bits per heavy atom. The van der Waals surface area contributed by atoms with E-state index in [1.165, 1.54) is 5.56 Å². The zero-order valence-corrected chi connectivity index (χ0v) is 16.7. The summed E-state index contributed by atoms with van der Waals surface area (Å²) in [7, 11) is 0. The van der Waals surface area contributed by atoms with Crippen molar-refractivity contribution in [2.24, 2.45) is 0 Å². The van der Waals surface area contributed by atoms with Gasteiger partial charge in [0.1, 0.15) is 13.2 Å². The minimum Gasteiger partial charge on any atom is -0.487 e. The van der Waals surface area contributed by atoms with Crippen LogP contribution in [0.15, 0.2) is 18.2 Å². The minimum atomic E-state index is 0.489. The first kappa shape index (κ1) is 21.3. The summed E-state index contributed by atoms with van der Waals surface area (Å²) in [5, 5.41) is 0. The van der Waals surface area contributed by atoms with Crippen molar-refractivity contribution in [3.8, 4) is 11.5 Å². The topological polar surface area (TPSA) is 58.6 Å². The molecular weight excluding hydrogens is 362 g/mol. The molecule has 158 valence electrons. The number of fused-ring (bicyclic) bond motifs is 1. The quantitative estimate of drug-likeness (QED) is 0.770. The lowest BCUT2D eigenvalue weighted by molar-refractivity contribution is 0.00708. The number of nitrogens with zero attached hydrogens (tertiary/aromatic N) is 1. The van der Waals surface area contributed by atoms with E-state index in [1.807, 2.05) is 6.07 Å². The second-order valence-electron chi connectivity index (χ2n) is 6.87. The van der Waals surface area contributed by atoms with Crippen LogP contribution in [0.4, 0.5) is 0 Å². The summed E-state index contributed by atoms with van der Waals surface area (Å²) < 4.78 is 33.7. The van der Waals surface area contributed by atoms with Gasteiger partial charge < -0.3 is 28.4 Å². The molecule has 7 nitrogen and oxygen atoms in total. The van der Waals surface area contributed by atoms with Gasteiger partial charge in [-0.15, -0.1) is 0 Å². The van der Waals surface area contributed by atoms with Gasteiger partial charge in [0.05, 0.1) is 52.9 Å². The number of aryl methyl sites for hydroxylation is 1. The van der Waals surface area contributed by atoms with Crippen LogP contribution in [0.2, 0.25) is 0 Å². The predicted octanol–water partition coefficient (Wildman–Crippen LogP) is 1.77. The fraction of sp³-hybridized carbons (Fsp3) is 0.714. The van der Waals surface area contributed by atoms with Crippen molar-refractivity contribution in [2.75, 3.05) is 85.7 Å². The molecule has 0 spiro atoms. The van der Waals surface area contributed by atoms with Crippen LogP contribution in [0, 0.1) is 0 Å². The van der Waals surface area contributed by atoms with Crippen molar-refractivity contribution in [1.82, 2.24) is 4.90 Å². The van der Waals surface area contributed by atoms with Crippen LogP contribution < -0.4 is 9.47 Å². The van der Waals surface area contributed by atoms with E-state index in [9.17, 15) is 0 Å². The first-order valence-electron chi connectivity index (χ1n) is 10.3. The van der Waals surface area contributed by atoms with E-state index in [-0.39, 0.29) is 0 Å². The van der Waals surface area contributed by atoms with E-state index >= 15 is 0 Å². The van der Waals surface area contributed by atoms with Crippen LogP contribution >= 0.6 is 0 Å². The maximum atomic E-state index is 5.94. The number of hydrogen-bond acceptors (Lipinski definition) is 7. The molecule has 0 N–H and O–H groups in total. The number of rotatable bonds is 4. The summed E-state index contributed by atoms with van der Waals surface area (Å²) in [6.45, 7) is 9.18. The normalized spacial score (nSPS) is 20.9. The Labute approximate surface area is 167 Å². The molecule has 0 saturated carbocycles. The van der Waals surface area contributed by atoms with Gasteiger partial charge in [0.2, 0.25) is 0 Å². The molecule has 2 aliphatic rings. The number of morpholine rings is 1. The Bertz CT molecular complexity index is 550. The van der Waals surface area contributed by atoms with Gasteiger partial charge in [-0.3, -0.25) is 4.90 Å².